The van der Waals surface area contributed by atoms with Crippen molar-refractivity contribution in [2.75, 3.05) is 26.4 Å². The Morgan fingerprint density at radius 3 is 1.98 bits per heavy atom. The van der Waals surface area contributed by atoms with Crippen molar-refractivity contribution in [2.24, 2.45) is 5.73 Å². The van der Waals surface area contributed by atoms with Crippen molar-refractivity contribution in [3.05, 3.63) is 85.3 Å². The van der Waals surface area contributed by atoms with Gasteiger partial charge in [0.1, 0.15) is 6.61 Å². The molecule has 53 heavy (non-hydrogen) atoms. The first kappa shape index (κ1) is 50.5. The van der Waals surface area contributed by atoms with Gasteiger partial charge >= 0.3 is 13.8 Å². The van der Waals surface area contributed by atoms with Crippen molar-refractivity contribution in [1.82, 2.24) is 0 Å². The van der Waals surface area contributed by atoms with Gasteiger partial charge in [0.05, 0.1) is 25.6 Å². The summed E-state index contributed by atoms with van der Waals surface area (Å²) >= 11 is 0. The average Bonchev–Trinajstić information content (AvgIpc) is 3.14. The smallest absolute Gasteiger partial charge is 0.472 e. The number of rotatable bonds is 37. The van der Waals surface area contributed by atoms with Crippen molar-refractivity contribution in [3.8, 4) is 0 Å². The molecule has 0 rings (SSSR count). The quantitative estimate of drug-likeness (QED) is 0.0141. The van der Waals surface area contributed by atoms with Crippen molar-refractivity contribution >= 4 is 13.8 Å². The molecule has 0 aliphatic carbocycles. The highest BCUT2D eigenvalue weighted by molar-refractivity contribution is 7.47. The third-order valence-corrected chi connectivity index (χ3v) is 8.96. The van der Waals surface area contributed by atoms with Gasteiger partial charge in [0.25, 0.3) is 0 Å². The van der Waals surface area contributed by atoms with Gasteiger partial charge in [-0.05, 0) is 63.9 Å². The summed E-state index contributed by atoms with van der Waals surface area (Å²) in [4.78, 5) is 22.4. The Kier molecular flexibility index (Phi) is 37.3. The number of phosphoric ester groups is 1. The molecule has 0 aromatic rings. The number of hydrogen-bond donors (Lipinski definition) is 3. The SMILES string of the molecule is CC/C=C\C/C=C\CC(O)/C=C/C=C\C/C=C\CCCC(=O)OC(CO/C=C\C/C=C\CCCCCCCCCCCCC)COP(=O)(O)OCCN. The summed E-state index contributed by atoms with van der Waals surface area (Å²) in [6.45, 7) is 3.90. The maximum atomic E-state index is 12.5. The lowest BCUT2D eigenvalue weighted by atomic mass is 10.1. The second-order valence-electron chi connectivity index (χ2n) is 13.0. The van der Waals surface area contributed by atoms with Crippen LogP contribution in [0.2, 0.25) is 0 Å². The van der Waals surface area contributed by atoms with Gasteiger partial charge in [0.2, 0.25) is 0 Å². The minimum atomic E-state index is -4.33. The number of ether oxygens (including phenoxy) is 2. The Morgan fingerprint density at radius 1 is 0.698 bits per heavy atom. The Labute approximate surface area is 322 Å². The zero-order valence-corrected chi connectivity index (χ0v) is 34.0. The molecule has 10 heteroatoms. The number of aliphatic hydroxyl groups excluding tert-OH is 1. The van der Waals surface area contributed by atoms with Crippen LogP contribution >= 0.6 is 7.82 Å². The highest BCUT2D eigenvalue weighted by Gasteiger charge is 2.25. The molecule has 0 aliphatic rings. The fraction of sp³-hybridized carbons (Fsp3) is 0.651. The number of allylic oxidation sites excluding steroid dienone is 11. The zero-order valence-electron chi connectivity index (χ0n) is 33.1. The lowest BCUT2D eigenvalue weighted by Gasteiger charge is -2.19. The first-order chi connectivity index (χ1) is 25.8. The molecular weight excluding hydrogens is 689 g/mol. The molecule has 0 bridgehead atoms. The summed E-state index contributed by atoms with van der Waals surface area (Å²) in [7, 11) is -4.33. The van der Waals surface area contributed by atoms with Crippen LogP contribution in [0.25, 0.3) is 0 Å². The normalized spacial score (nSPS) is 15.0. The number of aliphatic hydroxyl groups is 1. The van der Waals surface area contributed by atoms with E-state index in [2.05, 4.69) is 44.2 Å². The lowest BCUT2D eigenvalue weighted by Crippen LogP contribution is -2.27. The molecule has 9 nitrogen and oxygen atoms in total. The van der Waals surface area contributed by atoms with E-state index in [-0.39, 0.29) is 32.8 Å². The van der Waals surface area contributed by atoms with Crippen LogP contribution in [0.1, 0.15) is 142 Å². The maximum absolute atomic E-state index is 12.5. The molecule has 0 saturated heterocycles. The molecule has 0 saturated carbocycles. The van der Waals surface area contributed by atoms with Gasteiger partial charge in [0, 0.05) is 13.0 Å². The van der Waals surface area contributed by atoms with Crippen LogP contribution in [-0.2, 0) is 27.9 Å². The van der Waals surface area contributed by atoms with E-state index in [9.17, 15) is 19.4 Å². The summed E-state index contributed by atoms with van der Waals surface area (Å²) in [6.07, 6.45) is 47.4. The predicted molar refractivity (Wildman–Crippen MR) is 220 cm³/mol. The van der Waals surface area contributed by atoms with E-state index in [1.54, 1.807) is 12.3 Å². The monoisotopic (exact) mass is 764 g/mol. The number of nitrogens with two attached hydrogens (primary N) is 1. The molecule has 0 fully saturated rings. The molecule has 0 aromatic heterocycles. The van der Waals surface area contributed by atoms with Gasteiger partial charge in [-0.3, -0.25) is 13.8 Å². The maximum Gasteiger partial charge on any atom is 0.472 e. The standard InChI is InChI=1S/C43H74NO8P/c1-3-5-7-9-11-12-13-14-15-16-17-18-21-24-28-32-37-49-39-42(40-51-53(47,48)50-38-36-44)52-43(46)35-31-27-23-20-19-22-26-30-34-41(45)33-29-25-10-8-6-4-2/h6,8,20-26,29-30,32,34,37,41-42,45H,3-5,7,9-19,27-28,31,33,35-36,38-40,44H2,1-2H3,(H,47,48)/b8-6-,23-20-,24-21-,26-22-,29-25-,34-30+,37-32-. The molecule has 3 unspecified atom stereocenters. The van der Waals surface area contributed by atoms with Gasteiger partial charge in [-0.15, -0.1) is 0 Å². The van der Waals surface area contributed by atoms with Crippen LogP contribution < -0.4 is 5.73 Å². The average molecular weight is 764 g/mol. The number of hydrogen-bond acceptors (Lipinski definition) is 8. The van der Waals surface area contributed by atoms with E-state index < -0.39 is 26.0 Å². The van der Waals surface area contributed by atoms with E-state index in [1.165, 1.54) is 70.6 Å². The Balaban J connectivity index is 4.36. The summed E-state index contributed by atoms with van der Waals surface area (Å²) in [5.41, 5.74) is 5.34. The number of unbranched alkanes of at least 4 members (excludes halogenated alkanes) is 12. The second kappa shape index (κ2) is 39.2. The van der Waals surface area contributed by atoms with Gasteiger partial charge in [-0.25, -0.2) is 4.57 Å². The fourth-order valence-electron chi connectivity index (χ4n) is 5.01. The topological polar surface area (TPSA) is 138 Å². The number of phosphoric acid groups is 1. The minimum Gasteiger partial charge on any atom is -0.498 e. The molecule has 4 N–H and O–H groups in total. The van der Waals surface area contributed by atoms with Crippen LogP contribution in [0.5, 0.6) is 0 Å². The van der Waals surface area contributed by atoms with Crippen molar-refractivity contribution in [1.29, 1.82) is 0 Å². The zero-order chi connectivity index (χ0) is 38.9. The van der Waals surface area contributed by atoms with E-state index in [1.807, 2.05) is 42.5 Å². The minimum absolute atomic E-state index is 0.0351. The van der Waals surface area contributed by atoms with Gasteiger partial charge in [0.15, 0.2) is 6.10 Å². The number of esters is 1. The number of carbonyl (C=O) groups excluding carboxylic acids is 1. The van der Waals surface area contributed by atoms with Crippen molar-refractivity contribution < 1.29 is 37.9 Å². The van der Waals surface area contributed by atoms with Crippen LogP contribution in [0, 0.1) is 0 Å². The second-order valence-corrected chi connectivity index (χ2v) is 14.5. The van der Waals surface area contributed by atoms with Crippen LogP contribution in [0.4, 0.5) is 0 Å². The van der Waals surface area contributed by atoms with E-state index in [0.717, 1.165) is 32.1 Å². The molecule has 0 aliphatic heterocycles. The molecule has 0 aromatic carbocycles. The van der Waals surface area contributed by atoms with Gasteiger partial charge < -0.3 is 25.2 Å². The largest absolute Gasteiger partial charge is 0.498 e. The Morgan fingerprint density at radius 2 is 1.30 bits per heavy atom. The van der Waals surface area contributed by atoms with E-state index in [0.29, 0.717) is 19.3 Å². The van der Waals surface area contributed by atoms with E-state index >= 15 is 0 Å². The first-order valence-corrected chi connectivity index (χ1v) is 21.7. The Hall–Kier alpha value is -2.52. The van der Waals surface area contributed by atoms with Crippen LogP contribution in [0.15, 0.2) is 85.3 Å². The molecule has 304 valence electrons. The molecular formula is C43H74NO8P. The molecule has 3 atom stereocenters. The summed E-state index contributed by atoms with van der Waals surface area (Å²) in [6, 6.07) is 0. The first-order valence-electron chi connectivity index (χ1n) is 20.2. The van der Waals surface area contributed by atoms with Crippen molar-refractivity contribution in [2.45, 2.75) is 154 Å². The lowest BCUT2D eigenvalue weighted by molar-refractivity contribution is -0.153. The molecule has 0 heterocycles. The third-order valence-electron chi connectivity index (χ3n) is 7.97. The highest BCUT2D eigenvalue weighted by Crippen LogP contribution is 2.43. The molecule has 0 radical (unpaired) electrons. The summed E-state index contributed by atoms with van der Waals surface area (Å²) < 4.78 is 33.0. The van der Waals surface area contributed by atoms with Crippen LogP contribution in [0.3, 0.4) is 0 Å². The third kappa shape index (κ3) is 39.0. The summed E-state index contributed by atoms with van der Waals surface area (Å²) in [5, 5.41) is 10.0. The number of carbonyl (C=O) groups is 1. The fourth-order valence-corrected chi connectivity index (χ4v) is 5.77. The highest BCUT2D eigenvalue weighted by atomic mass is 31.2. The Bertz CT molecular complexity index is 1100. The van der Waals surface area contributed by atoms with Crippen LogP contribution in [-0.4, -0.2) is 54.5 Å². The van der Waals surface area contributed by atoms with Crippen molar-refractivity contribution in [3.63, 3.8) is 0 Å². The molecule has 0 spiro atoms. The summed E-state index contributed by atoms with van der Waals surface area (Å²) in [5.74, 6) is -0.448. The molecule has 0 amide bonds. The predicted octanol–water partition coefficient (Wildman–Crippen LogP) is 11.1. The van der Waals surface area contributed by atoms with Gasteiger partial charge in [-0.1, -0.05) is 151 Å². The van der Waals surface area contributed by atoms with E-state index in [4.69, 9.17) is 24.3 Å². The van der Waals surface area contributed by atoms with Gasteiger partial charge in [-0.2, -0.15) is 0 Å².